The van der Waals surface area contributed by atoms with Gasteiger partial charge in [0.1, 0.15) is 5.82 Å². The van der Waals surface area contributed by atoms with E-state index in [0.717, 1.165) is 11.3 Å². The smallest absolute Gasteiger partial charge is 0.151 e. The fourth-order valence-corrected chi connectivity index (χ4v) is 1.28. The van der Waals surface area contributed by atoms with E-state index in [1.54, 1.807) is 6.20 Å². The van der Waals surface area contributed by atoms with Crippen molar-refractivity contribution in [2.24, 2.45) is 0 Å². The van der Waals surface area contributed by atoms with Gasteiger partial charge in [0.25, 0.3) is 0 Å². The minimum atomic E-state index is 0.373. The predicted octanol–water partition coefficient (Wildman–Crippen LogP) is 1.78. The highest BCUT2D eigenvalue weighted by molar-refractivity contribution is 5.58. The molecule has 0 atom stereocenters. The highest BCUT2D eigenvalue weighted by atomic mass is 15.0. The first-order valence-corrected chi connectivity index (χ1v) is 4.69. The molecule has 0 fully saturated rings. The van der Waals surface area contributed by atoms with Crippen LogP contribution in [0.1, 0.15) is 5.56 Å². The molecule has 4 nitrogen and oxygen atoms in total. The third-order valence-electron chi connectivity index (χ3n) is 1.95. The fraction of sp³-hybridized carbons (Fsp3) is 0. The van der Waals surface area contributed by atoms with Gasteiger partial charge in [0.2, 0.25) is 0 Å². The van der Waals surface area contributed by atoms with Crippen LogP contribution in [0.5, 0.6) is 0 Å². The van der Waals surface area contributed by atoms with Crippen molar-refractivity contribution in [2.45, 2.75) is 0 Å². The Morgan fingerprint density at radius 1 is 1.31 bits per heavy atom. The molecule has 0 spiro atoms. The van der Waals surface area contributed by atoms with Crippen molar-refractivity contribution in [1.29, 1.82) is 0 Å². The zero-order chi connectivity index (χ0) is 11.4. The molecular weight excluding hydrogens is 200 g/mol. The number of nitrogen functional groups attached to an aromatic ring is 1. The molecule has 0 saturated heterocycles. The van der Waals surface area contributed by atoms with Gasteiger partial charge in [0, 0.05) is 11.3 Å². The number of benzene rings is 1. The maximum atomic E-state index is 5.52. The van der Waals surface area contributed by atoms with Gasteiger partial charge in [-0.15, -0.1) is 6.42 Å². The Hall–Kier alpha value is -2.54. The molecule has 1 heterocycles. The lowest BCUT2D eigenvalue weighted by molar-refractivity contribution is 1.21. The minimum Gasteiger partial charge on any atom is -0.382 e. The van der Waals surface area contributed by atoms with Gasteiger partial charge < -0.3 is 11.1 Å². The molecule has 0 aliphatic carbocycles. The van der Waals surface area contributed by atoms with Gasteiger partial charge in [-0.3, -0.25) is 4.98 Å². The first-order chi connectivity index (χ1) is 7.78. The average molecular weight is 210 g/mol. The van der Waals surface area contributed by atoms with Crippen LogP contribution in [-0.2, 0) is 0 Å². The minimum absolute atomic E-state index is 0.373. The Balaban J connectivity index is 2.24. The van der Waals surface area contributed by atoms with Crippen LogP contribution in [0.2, 0.25) is 0 Å². The van der Waals surface area contributed by atoms with Gasteiger partial charge in [-0.05, 0) is 18.2 Å². The predicted molar refractivity (Wildman–Crippen MR) is 64.1 cm³/mol. The van der Waals surface area contributed by atoms with Crippen LogP contribution >= 0.6 is 0 Å². The van der Waals surface area contributed by atoms with E-state index in [1.807, 2.05) is 24.3 Å². The van der Waals surface area contributed by atoms with Crippen molar-refractivity contribution in [1.82, 2.24) is 9.97 Å². The molecule has 4 heteroatoms. The molecule has 0 amide bonds. The standard InChI is InChI=1S/C12H10N4/c1-2-9-4-3-5-10(6-9)15-12-8-14-7-11(13)16-12/h1,3-8H,(H3,13,15,16). The van der Waals surface area contributed by atoms with Gasteiger partial charge >= 0.3 is 0 Å². The van der Waals surface area contributed by atoms with Crippen molar-refractivity contribution in [3.05, 3.63) is 42.2 Å². The summed E-state index contributed by atoms with van der Waals surface area (Å²) in [5, 5.41) is 3.07. The fourth-order valence-electron chi connectivity index (χ4n) is 1.28. The second-order valence-electron chi connectivity index (χ2n) is 3.18. The van der Waals surface area contributed by atoms with Crippen LogP contribution in [0.15, 0.2) is 36.7 Å². The van der Waals surface area contributed by atoms with Crippen LogP contribution in [0.25, 0.3) is 0 Å². The summed E-state index contributed by atoms with van der Waals surface area (Å²) in [5.41, 5.74) is 7.19. The van der Waals surface area contributed by atoms with E-state index in [0.29, 0.717) is 11.6 Å². The topological polar surface area (TPSA) is 63.8 Å². The van der Waals surface area contributed by atoms with Gasteiger partial charge in [-0.1, -0.05) is 12.0 Å². The van der Waals surface area contributed by atoms with Crippen molar-refractivity contribution >= 4 is 17.3 Å². The van der Waals surface area contributed by atoms with E-state index in [2.05, 4.69) is 21.2 Å². The highest BCUT2D eigenvalue weighted by Gasteiger charge is 1.97. The number of hydrogen-bond acceptors (Lipinski definition) is 4. The molecule has 1 aromatic carbocycles. The summed E-state index contributed by atoms with van der Waals surface area (Å²) < 4.78 is 0. The number of nitrogens with zero attached hydrogens (tertiary/aromatic N) is 2. The Bertz CT molecular complexity index is 543. The number of rotatable bonds is 2. The van der Waals surface area contributed by atoms with E-state index in [9.17, 15) is 0 Å². The van der Waals surface area contributed by atoms with Crippen molar-refractivity contribution in [3.8, 4) is 12.3 Å². The molecule has 0 aliphatic heterocycles. The van der Waals surface area contributed by atoms with E-state index in [-0.39, 0.29) is 0 Å². The number of hydrogen-bond donors (Lipinski definition) is 2. The molecule has 1 aromatic heterocycles. The molecular formula is C12H10N4. The largest absolute Gasteiger partial charge is 0.382 e. The number of aromatic nitrogens is 2. The zero-order valence-electron chi connectivity index (χ0n) is 8.51. The molecule has 0 aliphatic rings. The molecule has 0 radical (unpaired) electrons. The quantitative estimate of drug-likeness (QED) is 0.742. The van der Waals surface area contributed by atoms with Crippen LogP contribution < -0.4 is 11.1 Å². The first-order valence-electron chi connectivity index (χ1n) is 4.69. The Labute approximate surface area is 93.5 Å². The van der Waals surface area contributed by atoms with Gasteiger partial charge in [-0.2, -0.15) is 0 Å². The summed E-state index contributed by atoms with van der Waals surface area (Å²) in [5.74, 6) is 3.53. The van der Waals surface area contributed by atoms with Crippen LogP contribution in [0.3, 0.4) is 0 Å². The number of nitrogens with one attached hydrogen (secondary N) is 1. The molecule has 2 aromatic rings. The first kappa shape index (κ1) is 9.99. The molecule has 78 valence electrons. The zero-order valence-corrected chi connectivity index (χ0v) is 8.51. The number of anilines is 3. The molecule has 2 rings (SSSR count). The van der Waals surface area contributed by atoms with Crippen molar-refractivity contribution in [3.63, 3.8) is 0 Å². The lowest BCUT2D eigenvalue weighted by atomic mass is 10.2. The summed E-state index contributed by atoms with van der Waals surface area (Å²) in [6.07, 6.45) is 8.40. The third kappa shape index (κ3) is 2.28. The Morgan fingerprint density at radius 3 is 2.94 bits per heavy atom. The summed E-state index contributed by atoms with van der Waals surface area (Å²) >= 11 is 0. The Morgan fingerprint density at radius 2 is 2.19 bits per heavy atom. The van der Waals surface area contributed by atoms with Gasteiger partial charge in [-0.25, -0.2) is 4.98 Å². The number of terminal acetylenes is 1. The van der Waals surface area contributed by atoms with E-state index >= 15 is 0 Å². The lowest BCUT2D eigenvalue weighted by Crippen LogP contribution is -1.98. The monoisotopic (exact) mass is 210 g/mol. The molecule has 16 heavy (non-hydrogen) atoms. The number of nitrogens with two attached hydrogens (primary N) is 1. The van der Waals surface area contributed by atoms with Crippen molar-refractivity contribution in [2.75, 3.05) is 11.1 Å². The summed E-state index contributed by atoms with van der Waals surface area (Å²) in [7, 11) is 0. The van der Waals surface area contributed by atoms with E-state index in [4.69, 9.17) is 12.2 Å². The lowest BCUT2D eigenvalue weighted by Gasteiger charge is -2.05. The van der Waals surface area contributed by atoms with Crippen LogP contribution in [-0.4, -0.2) is 9.97 Å². The molecule has 0 unspecified atom stereocenters. The highest BCUT2D eigenvalue weighted by Crippen LogP contribution is 2.15. The van der Waals surface area contributed by atoms with E-state index < -0.39 is 0 Å². The van der Waals surface area contributed by atoms with Gasteiger partial charge in [0.15, 0.2) is 5.82 Å². The van der Waals surface area contributed by atoms with Crippen LogP contribution in [0, 0.1) is 12.3 Å². The van der Waals surface area contributed by atoms with Crippen LogP contribution in [0.4, 0.5) is 17.3 Å². The van der Waals surface area contributed by atoms with Gasteiger partial charge in [0.05, 0.1) is 12.4 Å². The van der Waals surface area contributed by atoms with Crippen molar-refractivity contribution < 1.29 is 0 Å². The molecule has 3 N–H and O–H groups in total. The SMILES string of the molecule is C#Cc1cccc(Nc2cncc(N)n2)c1. The maximum absolute atomic E-state index is 5.52. The summed E-state index contributed by atoms with van der Waals surface area (Å²) in [4.78, 5) is 8.01. The molecule has 0 saturated carbocycles. The summed E-state index contributed by atoms with van der Waals surface area (Å²) in [6.45, 7) is 0. The second kappa shape index (κ2) is 4.32. The summed E-state index contributed by atoms with van der Waals surface area (Å²) in [6, 6.07) is 7.48. The average Bonchev–Trinajstić information content (AvgIpc) is 2.29. The maximum Gasteiger partial charge on any atom is 0.151 e. The second-order valence-corrected chi connectivity index (χ2v) is 3.18. The normalized spacial score (nSPS) is 9.44. The third-order valence-corrected chi connectivity index (χ3v) is 1.95. The molecule has 0 bridgehead atoms. The van der Waals surface area contributed by atoms with E-state index in [1.165, 1.54) is 6.20 Å². The Kier molecular flexibility index (Phi) is 2.70.